The van der Waals surface area contributed by atoms with E-state index in [4.69, 9.17) is 0 Å². The van der Waals surface area contributed by atoms with E-state index in [9.17, 15) is 13.2 Å². The number of para-hydroxylation sites is 1. The van der Waals surface area contributed by atoms with Gasteiger partial charge in [-0.2, -0.15) is 0 Å². The maximum Gasteiger partial charge on any atom is 0.261 e. The Hall–Kier alpha value is -3.38. The minimum atomic E-state index is -3.72. The van der Waals surface area contributed by atoms with Crippen molar-refractivity contribution in [2.75, 3.05) is 4.72 Å². The van der Waals surface area contributed by atoms with Crippen molar-refractivity contribution in [2.45, 2.75) is 11.8 Å². The van der Waals surface area contributed by atoms with E-state index in [1.165, 1.54) is 12.1 Å². The van der Waals surface area contributed by atoms with Crippen LogP contribution in [0.2, 0.25) is 0 Å². The van der Waals surface area contributed by atoms with Gasteiger partial charge in [-0.3, -0.25) is 9.52 Å². The van der Waals surface area contributed by atoms with Crippen molar-refractivity contribution in [3.8, 4) is 0 Å². The van der Waals surface area contributed by atoms with Gasteiger partial charge in [0.2, 0.25) is 5.78 Å². The molecule has 4 rings (SSSR count). The smallest absolute Gasteiger partial charge is 0.261 e. The summed E-state index contributed by atoms with van der Waals surface area (Å²) in [5.41, 5.74) is 3.31. The third-order valence-electron chi connectivity index (χ3n) is 4.54. The molecule has 1 N–H and O–H groups in total. The lowest BCUT2D eigenvalue weighted by molar-refractivity contribution is 0.103. The number of anilines is 1. The highest BCUT2D eigenvalue weighted by atomic mass is 32.2. The molecule has 0 aliphatic carbocycles. The van der Waals surface area contributed by atoms with E-state index in [0.29, 0.717) is 16.9 Å². The average Bonchev–Trinajstić information content (AvgIpc) is 3.03. The Bertz CT molecular complexity index is 1260. The second-order valence-corrected chi connectivity index (χ2v) is 8.18. The van der Waals surface area contributed by atoms with E-state index >= 15 is 0 Å². The molecule has 0 amide bonds. The van der Waals surface area contributed by atoms with Crippen LogP contribution in [0.3, 0.4) is 0 Å². The van der Waals surface area contributed by atoms with Crippen molar-refractivity contribution < 1.29 is 13.2 Å². The van der Waals surface area contributed by atoms with E-state index < -0.39 is 10.0 Å². The summed E-state index contributed by atoms with van der Waals surface area (Å²) in [5.74, 6) is -0.149. The Morgan fingerprint density at radius 3 is 2.29 bits per heavy atom. The lowest BCUT2D eigenvalue weighted by Gasteiger charge is -2.09. The first-order chi connectivity index (χ1) is 13.5. The molecule has 0 aliphatic rings. The van der Waals surface area contributed by atoms with E-state index in [1.807, 2.05) is 47.9 Å². The summed E-state index contributed by atoms with van der Waals surface area (Å²) in [7, 11) is -3.72. The van der Waals surface area contributed by atoms with Gasteiger partial charge in [0, 0.05) is 23.0 Å². The van der Waals surface area contributed by atoms with Crippen LogP contribution in [0.4, 0.5) is 5.69 Å². The third-order valence-corrected chi connectivity index (χ3v) is 5.94. The minimum absolute atomic E-state index is 0.102. The van der Waals surface area contributed by atoms with Gasteiger partial charge in [0.25, 0.3) is 10.0 Å². The lowest BCUT2D eigenvalue weighted by atomic mass is 10.1. The largest absolute Gasteiger partial charge is 0.313 e. The topological polar surface area (TPSA) is 67.6 Å². The van der Waals surface area contributed by atoms with Crippen LogP contribution < -0.4 is 4.72 Å². The molecule has 6 heteroatoms. The van der Waals surface area contributed by atoms with Crippen LogP contribution in [0.15, 0.2) is 90.0 Å². The van der Waals surface area contributed by atoms with E-state index in [2.05, 4.69) is 4.72 Å². The molecular formula is C22H18N2O3S. The number of benzene rings is 2. The van der Waals surface area contributed by atoms with Crippen molar-refractivity contribution in [1.82, 2.24) is 4.40 Å². The average molecular weight is 390 g/mol. The van der Waals surface area contributed by atoms with Crippen LogP contribution in [0.1, 0.15) is 21.6 Å². The molecule has 0 unspecified atom stereocenters. The van der Waals surface area contributed by atoms with Gasteiger partial charge < -0.3 is 4.40 Å². The number of hydrogen-bond donors (Lipinski definition) is 1. The molecule has 0 radical (unpaired) electrons. The Labute approximate surface area is 163 Å². The Morgan fingerprint density at radius 1 is 0.893 bits per heavy atom. The van der Waals surface area contributed by atoms with Gasteiger partial charge in [-0.05, 0) is 67.1 Å². The summed E-state index contributed by atoms with van der Waals surface area (Å²) >= 11 is 0. The maximum absolute atomic E-state index is 13.0. The van der Waals surface area contributed by atoms with Crippen LogP contribution in [-0.2, 0) is 10.0 Å². The predicted octanol–water partition coefficient (Wildman–Crippen LogP) is 4.28. The first-order valence-corrected chi connectivity index (χ1v) is 10.2. The number of ketones is 1. The minimum Gasteiger partial charge on any atom is -0.313 e. The van der Waals surface area contributed by atoms with Crippen molar-refractivity contribution in [3.63, 3.8) is 0 Å². The number of sulfonamides is 1. The van der Waals surface area contributed by atoms with Gasteiger partial charge in [-0.1, -0.05) is 24.3 Å². The zero-order valence-corrected chi connectivity index (χ0v) is 16.0. The fourth-order valence-electron chi connectivity index (χ4n) is 3.19. The molecule has 0 fully saturated rings. The highest BCUT2D eigenvalue weighted by Gasteiger charge is 2.19. The van der Waals surface area contributed by atoms with Gasteiger partial charge in [-0.15, -0.1) is 0 Å². The summed E-state index contributed by atoms with van der Waals surface area (Å²) in [5, 5.41) is 0. The zero-order valence-electron chi connectivity index (χ0n) is 15.2. The number of aryl methyl sites for hydroxylation is 1. The van der Waals surface area contributed by atoms with E-state index in [1.54, 1.807) is 36.4 Å². The van der Waals surface area contributed by atoms with Crippen LogP contribution in [0.5, 0.6) is 0 Å². The predicted molar refractivity (Wildman–Crippen MR) is 109 cm³/mol. The number of rotatable bonds is 5. The number of aromatic nitrogens is 1. The Balaban J connectivity index is 1.64. The first kappa shape index (κ1) is 18.0. The summed E-state index contributed by atoms with van der Waals surface area (Å²) in [6.45, 7) is 1.89. The molecule has 0 saturated heterocycles. The molecule has 4 aromatic rings. The first-order valence-electron chi connectivity index (χ1n) is 8.75. The van der Waals surface area contributed by atoms with Gasteiger partial charge >= 0.3 is 0 Å². The number of pyridine rings is 1. The normalized spacial score (nSPS) is 11.5. The van der Waals surface area contributed by atoms with Gasteiger partial charge in [-0.25, -0.2) is 8.42 Å². The zero-order chi connectivity index (χ0) is 19.7. The van der Waals surface area contributed by atoms with Crippen molar-refractivity contribution >= 4 is 27.0 Å². The molecule has 0 spiro atoms. The molecule has 2 aromatic heterocycles. The second-order valence-electron chi connectivity index (χ2n) is 6.50. The summed E-state index contributed by atoms with van der Waals surface area (Å²) in [6.07, 6.45) is 1.85. The number of nitrogens with zero attached hydrogens (tertiary/aromatic N) is 1. The number of hydrogen-bond acceptors (Lipinski definition) is 3. The third kappa shape index (κ3) is 3.30. The number of nitrogens with one attached hydrogen (secondary N) is 1. The van der Waals surface area contributed by atoms with E-state index in [0.717, 1.165) is 11.1 Å². The summed E-state index contributed by atoms with van der Waals surface area (Å²) < 4.78 is 29.5. The van der Waals surface area contributed by atoms with Crippen LogP contribution >= 0.6 is 0 Å². The molecule has 2 heterocycles. The highest BCUT2D eigenvalue weighted by molar-refractivity contribution is 7.92. The van der Waals surface area contributed by atoms with Gasteiger partial charge in [0.1, 0.15) is 0 Å². The molecule has 5 nitrogen and oxygen atoms in total. The van der Waals surface area contributed by atoms with Crippen molar-refractivity contribution in [2.24, 2.45) is 0 Å². The second kappa shape index (κ2) is 6.98. The molecule has 0 saturated carbocycles. The van der Waals surface area contributed by atoms with Crippen molar-refractivity contribution in [3.05, 3.63) is 102 Å². The number of carbonyl (C=O) groups is 1. The monoisotopic (exact) mass is 390 g/mol. The van der Waals surface area contributed by atoms with Gasteiger partial charge in [0.15, 0.2) is 0 Å². The Kier molecular flexibility index (Phi) is 4.49. The lowest BCUT2D eigenvalue weighted by Crippen LogP contribution is -2.13. The molecule has 2 aromatic carbocycles. The number of carbonyl (C=O) groups excluding carboxylic acids is 1. The highest BCUT2D eigenvalue weighted by Crippen LogP contribution is 2.21. The maximum atomic E-state index is 13.0. The molecular weight excluding hydrogens is 372 g/mol. The van der Waals surface area contributed by atoms with Gasteiger partial charge in [0.05, 0.1) is 10.6 Å². The van der Waals surface area contributed by atoms with Crippen LogP contribution in [0.25, 0.3) is 5.52 Å². The van der Waals surface area contributed by atoms with Crippen LogP contribution in [0, 0.1) is 6.92 Å². The summed E-state index contributed by atoms with van der Waals surface area (Å²) in [6, 6.07) is 22.3. The summed E-state index contributed by atoms with van der Waals surface area (Å²) in [4.78, 5) is 13.1. The molecule has 28 heavy (non-hydrogen) atoms. The fraction of sp³-hybridized carbons (Fsp3) is 0.0455. The number of fused-ring (bicyclic) bond motifs is 1. The standard InChI is InChI=1S/C22H18N2O3S/c1-16-15-19-9-5-6-14-24(19)21(16)22(25)17-10-12-20(13-11-17)28(26,27)23-18-7-3-2-4-8-18/h2-15,23H,1H3. The SMILES string of the molecule is Cc1cc2ccccn2c1C(=O)c1ccc(S(=O)(=O)Nc2ccccc2)cc1. The quantitative estimate of drug-likeness (QED) is 0.517. The fourth-order valence-corrected chi connectivity index (χ4v) is 4.25. The molecule has 0 aliphatic heterocycles. The van der Waals surface area contributed by atoms with Crippen molar-refractivity contribution in [1.29, 1.82) is 0 Å². The molecule has 140 valence electrons. The Morgan fingerprint density at radius 2 is 1.57 bits per heavy atom. The van der Waals surface area contributed by atoms with Crippen LogP contribution in [-0.4, -0.2) is 18.6 Å². The molecule has 0 atom stereocenters. The molecule has 0 bridgehead atoms. The van der Waals surface area contributed by atoms with E-state index in [-0.39, 0.29) is 10.7 Å².